The van der Waals surface area contributed by atoms with Gasteiger partial charge >= 0.3 is 0 Å². The minimum atomic E-state index is 0.736. The van der Waals surface area contributed by atoms with Gasteiger partial charge in [-0.25, -0.2) is 4.40 Å². The quantitative estimate of drug-likeness (QED) is 0.484. The van der Waals surface area contributed by atoms with Crippen LogP contribution in [0.5, 0.6) is 0 Å². The summed E-state index contributed by atoms with van der Waals surface area (Å²) in [6, 6.07) is 1.93. The van der Waals surface area contributed by atoms with E-state index in [1.165, 1.54) is 0 Å². The molecule has 0 aromatic carbocycles. The fourth-order valence-electron chi connectivity index (χ4n) is 1.39. The zero-order chi connectivity index (χ0) is 8.84. The molecule has 64 valence electrons. The van der Waals surface area contributed by atoms with Crippen LogP contribution in [0.25, 0.3) is 11.4 Å². The van der Waals surface area contributed by atoms with E-state index in [4.69, 9.17) is 0 Å². The molecule has 13 heavy (non-hydrogen) atoms. The first-order chi connectivity index (χ1) is 6.36. The van der Waals surface area contributed by atoms with Crippen molar-refractivity contribution in [3.05, 3.63) is 24.4 Å². The van der Waals surface area contributed by atoms with Gasteiger partial charge in [-0.2, -0.15) is 0 Å². The molecule has 0 spiro atoms. The predicted molar refractivity (Wildman–Crippen MR) is 44.3 cm³/mol. The molecule has 6 heteroatoms. The number of hydrogen-bond donors (Lipinski definition) is 0. The molecule has 0 N–H and O–H groups in total. The highest BCUT2D eigenvalue weighted by Gasteiger charge is 2.05. The summed E-state index contributed by atoms with van der Waals surface area (Å²) in [4.78, 5) is 0. The van der Waals surface area contributed by atoms with Crippen LogP contribution in [-0.2, 0) is 0 Å². The lowest BCUT2D eigenvalue weighted by Crippen LogP contribution is -1.96. The molecule has 3 aromatic heterocycles. The Morgan fingerprint density at radius 1 is 1.08 bits per heavy atom. The summed E-state index contributed by atoms with van der Waals surface area (Å²) < 4.78 is 3.68. The van der Waals surface area contributed by atoms with Crippen molar-refractivity contribution in [1.82, 2.24) is 29.2 Å². The molecule has 3 heterocycles. The number of rotatable bonds is 0. The van der Waals surface area contributed by atoms with Crippen LogP contribution in [0.2, 0.25) is 0 Å². The first-order valence-corrected chi connectivity index (χ1v) is 3.85. The average Bonchev–Trinajstić information content (AvgIpc) is 2.66. The second-order valence-corrected chi connectivity index (χ2v) is 2.85. The van der Waals surface area contributed by atoms with E-state index < -0.39 is 0 Å². The Morgan fingerprint density at radius 2 is 1.85 bits per heavy atom. The summed E-state index contributed by atoms with van der Waals surface area (Å²) >= 11 is 0. The molecule has 0 fully saturated rings. The fraction of sp³-hybridized carbons (Fsp3) is 0.143. The van der Waals surface area contributed by atoms with Gasteiger partial charge in [0, 0.05) is 11.8 Å². The van der Waals surface area contributed by atoms with Crippen LogP contribution in [0.4, 0.5) is 0 Å². The van der Waals surface area contributed by atoms with Crippen LogP contribution in [0.3, 0.4) is 0 Å². The third kappa shape index (κ3) is 0.715. The standard InChI is InChI=1S/C7H6N6/c1-5-2-6-10-8-4-13(6)7-11-9-3-12(5)7/h2-4H,1H3. The molecule has 3 aromatic rings. The van der Waals surface area contributed by atoms with E-state index in [0.717, 1.165) is 17.1 Å². The maximum atomic E-state index is 3.98. The Labute approximate surface area is 72.8 Å². The number of nitrogens with zero attached hydrogens (tertiary/aromatic N) is 6. The molecule has 6 nitrogen and oxygen atoms in total. The minimum Gasteiger partial charge on any atom is -0.271 e. The van der Waals surface area contributed by atoms with Gasteiger partial charge in [-0.3, -0.25) is 4.40 Å². The molecule has 0 radical (unpaired) electrons. The Bertz CT molecular complexity index is 577. The Kier molecular flexibility index (Phi) is 1.02. The van der Waals surface area contributed by atoms with Crippen molar-refractivity contribution in [2.24, 2.45) is 0 Å². The third-order valence-electron chi connectivity index (χ3n) is 2.04. The van der Waals surface area contributed by atoms with Crippen LogP contribution < -0.4 is 0 Å². The van der Waals surface area contributed by atoms with E-state index in [0.29, 0.717) is 0 Å². The second kappa shape index (κ2) is 2.03. The van der Waals surface area contributed by atoms with E-state index in [1.54, 1.807) is 17.1 Å². The lowest BCUT2D eigenvalue weighted by Gasteiger charge is -1.98. The summed E-state index contributed by atoms with van der Waals surface area (Å²) in [5, 5.41) is 15.5. The highest BCUT2D eigenvalue weighted by atomic mass is 15.3. The summed E-state index contributed by atoms with van der Waals surface area (Å²) in [5.74, 6) is 0.736. The summed E-state index contributed by atoms with van der Waals surface area (Å²) in [6.07, 6.45) is 3.29. The summed E-state index contributed by atoms with van der Waals surface area (Å²) in [6.45, 7) is 1.98. The first-order valence-electron chi connectivity index (χ1n) is 3.85. The largest absolute Gasteiger partial charge is 0.271 e. The van der Waals surface area contributed by atoms with Gasteiger partial charge in [0.15, 0.2) is 5.65 Å². The van der Waals surface area contributed by atoms with Gasteiger partial charge in [0.05, 0.1) is 0 Å². The second-order valence-electron chi connectivity index (χ2n) is 2.85. The number of aryl methyl sites for hydroxylation is 1. The van der Waals surface area contributed by atoms with Crippen molar-refractivity contribution in [2.45, 2.75) is 6.92 Å². The molecular formula is C7H6N6. The molecule has 0 unspecified atom stereocenters. The molecule has 0 aliphatic heterocycles. The maximum Gasteiger partial charge on any atom is 0.242 e. The third-order valence-corrected chi connectivity index (χ3v) is 2.04. The van der Waals surface area contributed by atoms with Gasteiger partial charge in [-0.15, -0.1) is 20.4 Å². The van der Waals surface area contributed by atoms with Crippen molar-refractivity contribution in [2.75, 3.05) is 0 Å². The topological polar surface area (TPSA) is 60.4 Å². The molecular weight excluding hydrogens is 168 g/mol. The van der Waals surface area contributed by atoms with Crippen LogP contribution in [-0.4, -0.2) is 29.2 Å². The summed E-state index contributed by atoms with van der Waals surface area (Å²) in [7, 11) is 0. The van der Waals surface area contributed by atoms with Crippen LogP contribution in [0, 0.1) is 6.92 Å². The molecule has 3 rings (SSSR count). The number of fused-ring (bicyclic) bond motifs is 3. The van der Waals surface area contributed by atoms with Gasteiger partial charge in [-0.1, -0.05) is 0 Å². The molecule has 0 aliphatic carbocycles. The van der Waals surface area contributed by atoms with Gasteiger partial charge in [0.1, 0.15) is 12.7 Å². The van der Waals surface area contributed by atoms with Crippen LogP contribution in [0.15, 0.2) is 18.7 Å². The molecule has 0 atom stereocenters. The van der Waals surface area contributed by atoms with Crippen molar-refractivity contribution in [3.63, 3.8) is 0 Å². The van der Waals surface area contributed by atoms with Crippen molar-refractivity contribution < 1.29 is 0 Å². The summed E-state index contributed by atoms with van der Waals surface area (Å²) in [5.41, 5.74) is 1.83. The fourth-order valence-corrected chi connectivity index (χ4v) is 1.39. The molecule has 0 amide bonds. The lowest BCUT2D eigenvalue weighted by molar-refractivity contribution is 1.01. The maximum absolute atomic E-state index is 3.98. The van der Waals surface area contributed by atoms with Crippen molar-refractivity contribution in [1.29, 1.82) is 0 Å². The highest BCUT2D eigenvalue weighted by Crippen LogP contribution is 2.07. The van der Waals surface area contributed by atoms with Gasteiger partial charge in [-0.05, 0) is 6.92 Å². The highest BCUT2D eigenvalue weighted by molar-refractivity contribution is 5.47. The van der Waals surface area contributed by atoms with E-state index in [2.05, 4.69) is 20.4 Å². The Balaban J connectivity index is 2.70. The van der Waals surface area contributed by atoms with Crippen molar-refractivity contribution in [3.8, 4) is 0 Å². The normalized spacial score (nSPS) is 11.5. The Morgan fingerprint density at radius 3 is 2.77 bits per heavy atom. The smallest absolute Gasteiger partial charge is 0.242 e. The van der Waals surface area contributed by atoms with Gasteiger partial charge in [0.2, 0.25) is 5.78 Å². The lowest BCUT2D eigenvalue weighted by atomic mass is 10.4. The van der Waals surface area contributed by atoms with Gasteiger partial charge < -0.3 is 0 Å². The van der Waals surface area contributed by atoms with E-state index in [1.807, 2.05) is 17.4 Å². The van der Waals surface area contributed by atoms with E-state index in [-0.39, 0.29) is 0 Å². The van der Waals surface area contributed by atoms with Gasteiger partial charge in [0.25, 0.3) is 0 Å². The van der Waals surface area contributed by atoms with E-state index >= 15 is 0 Å². The van der Waals surface area contributed by atoms with Crippen LogP contribution >= 0.6 is 0 Å². The SMILES string of the molecule is Cc1cc2nncn2c2nncn12. The first kappa shape index (κ1) is 6.53. The predicted octanol–water partition coefficient (Wildman–Crippen LogP) is 0.0804. The Hall–Kier alpha value is -1.98. The average molecular weight is 174 g/mol. The monoisotopic (exact) mass is 174 g/mol. The molecule has 0 saturated carbocycles. The number of aromatic nitrogens is 6. The molecule has 0 saturated heterocycles. The molecule has 0 aliphatic rings. The minimum absolute atomic E-state index is 0.736. The van der Waals surface area contributed by atoms with E-state index in [9.17, 15) is 0 Å². The van der Waals surface area contributed by atoms with Crippen molar-refractivity contribution >= 4 is 11.4 Å². The van der Waals surface area contributed by atoms with Crippen LogP contribution in [0.1, 0.15) is 5.69 Å². The number of hydrogen-bond acceptors (Lipinski definition) is 4. The molecule has 0 bridgehead atoms. The zero-order valence-corrected chi connectivity index (χ0v) is 6.92. The zero-order valence-electron chi connectivity index (χ0n) is 6.92.